The summed E-state index contributed by atoms with van der Waals surface area (Å²) in [4.78, 5) is 2.39. The molecule has 0 saturated heterocycles. The summed E-state index contributed by atoms with van der Waals surface area (Å²) >= 11 is 0. The molecule has 1 heteroatoms. The maximum Gasteiger partial charge on any atom is 0.0467 e. The second-order valence-electron chi connectivity index (χ2n) is 14.5. The highest BCUT2D eigenvalue weighted by molar-refractivity contribution is 6.22. The number of hydrogen-bond acceptors (Lipinski definition) is 1. The summed E-state index contributed by atoms with van der Waals surface area (Å²) in [5.41, 5.74) is 15.3. The minimum Gasteiger partial charge on any atom is -0.310 e. The van der Waals surface area contributed by atoms with Crippen LogP contribution < -0.4 is 4.90 Å². The second-order valence-corrected chi connectivity index (χ2v) is 14.5. The standard InChI is InChI=1S/C56H39N/c1-5-18-40(19-6-1)44-26-15-29-48(36-44)57(49-30-16-27-45(37-49)41-20-7-2-8-21-41)50-31-17-28-46(38-50)47-34-35-52-51-32-13-14-33-53(51)55(42-22-9-3-10-23-42)56(54(52)39-47)43-24-11-4-12-25-43/h1-39H. The van der Waals surface area contributed by atoms with Crippen molar-refractivity contribution in [3.63, 3.8) is 0 Å². The van der Waals surface area contributed by atoms with Gasteiger partial charge in [0.05, 0.1) is 0 Å². The van der Waals surface area contributed by atoms with Gasteiger partial charge in [-0.15, -0.1) is 0 Å². The Kier molecular flexibility index (Phi) is 8.95. The molecule has 0 aliphatic heterocycles. The number of anilines is 3. The molecule has 10 aromatic carbocycles. The summed E-state index contributed by atoms with van der Waals surface area (Å²) in [6.45, 7) is 0. The van der Waals surface area contributed by atoms with Crippen molar-refractivity contribution >= 4 is 38.6 Å². The predicted molar refractivity (Wildman–Crippen MR) is 243 cm³/mol. The van der Waals surface area contributed by atoms with Gasteiger partial charge >= 0.3 is 0 Å². The summed E-state index contributed by atoms with van der Waals surface area (Å²) in [7, 11) is 0. The van der Waals surface area contributed by atoms with Crippen LogP contribution in [0.1, 0.15) is 0 Å². The van der Waals surface area contributed by atoms with Crippen molar-refractivity contribution < 1.29 is 0 Å². The van der Waals surface area contributed by atoms with Crippen LogP contribution in [0.2, 0.25) is 0 Å². The van der Waals surface area contributed by atoms with Gasteiger partial charge in [0.25, 0.3) is 0 Å². The van der Waals surface area contributed by atoms with E-state index in [4.69, 9.17) is 0 Å². The quantitative estimate of drug-likeness (QED) is 0.141. The third-order valence-electron chi connectivity index (χ3n) is 11.0. The van der Waals surface area contributed by atoms with Crippen molar-refractivity contribution in [1.29, 1.82) is 0 Å². The molecule has 268 valence electrons. The number of nitrogens with zero attached hydrogens (tertiary/aromatic N) is 1. The summed E-state index contributed by atoms with van der Waals surface area (Å²) in [5.74, 6) is 0. The minimum absolute atomic E-state index is 1.09. The lowest BCUT2D eigenvalue weighted by Gasteiger charge is -2.27. The Morgan fingerprint density at radius 2 is 0.526 bits per heavy atom. The topological polar surface area (TPSA) is 3.24 Å². The first-order chi connectivity index (χ1) is 28.3. The fourth-order valence-electron chi connectivity index (χ4n) is 8.36. The highest BCUT2D eigenvalue weighted by atomic mass is 15.1. The van der Waals surface area contributed by atoms with Gasteiger partial charge in [-0.2, -0.15) is 0 Å². The van der Waals surface area contributed by atoms with Crippen LogP contribution in [0.5, 0.6) is 0 Å². The van der Waals surface area contributed by atoms with Gasteiger partial charge in [0.1, 0.15) is 0 Å². The fourth-order valence-corrected chi connectivity index (χ4v) is 8.36. The summed E-state index contributed by atoms with van der Waals surface area (Å²) in [5, 5.41) is 5.01. The molecule has 0 N–H and O–H groups in total. The lowest BCUT2D eigenvalue weighted by atomic mass is 9.84. The minimum atomic E-state index is 1.09. The van der Waals surface area contributed by atoms with Crippen LogP contribution in [-0.4, -0.2) is 0 Å². The number of hydrogen-bond donors (Lipinski definition) is 0. The highest BCUT2D eigenvalue weighted by Gasteiger charge is 2.19. The highest BCUT2D eigenvalue weighted by Crippen LogP contribution is 2.46. The molecular formula is C56H39N. The Balaban J connectivity index is 1.17. The van der Waals surface area contributed by atoms with Crippen molar-refractivity contribution in [3.8, 4) is 55.6 Å². The largest absolute Gasteiger partial charge is 0.310 e. The van der Waals surface area contributed by atoms with E-state index >= 15 is 0 Å². The molecule has 10 rings (SSSR count). The molecule has 0 fully saturated rings. The van der Waals surface area contributed by atoms with Crippen molar-refractivity contribution in [2.24, 2.45) is 0 Å². The molecule has 0 spiro atoms. The van der Waals surface area contributed by atoms with Crippen molar-refractivity contribution in [1.82, 2.24) is 0 Å². The van der Waals surface area contributed by atoms with Gasteiger partial charge in [-0.1, -0.05) is 194 Å². The molecule has 57 heavy (non-hydrogen) atoms. The monoisotopic (exact) mass is 725 g/mol. The lowest BCUT2D eigenvalue weighted by molar-refractivity contribution is 1.28. The van der Waals surface area contributed by atoms with Crippen LogP contribution in [-0.2, 0) is 0 Å². The predicted octanol–water partition coefficient (Wildman–Crippen LogP) is 15.8. The van der Waals surface area contributed by atoms with Crippen LogP contribution in [0, 0.1) is 0 Å². The Bertz CT molecular complexity index is 2910. The van der Waals surface area contributed by atoms with Crippen molar-refractivity contribution in [2.75, 3.05) is 4.90 Å². The second kappa shape index (κ2) is 15.0. The molecule has 0 aromatic heterocycles. The van der Waals surface area contributed by atoms with E-state index in [2.05, 4.69) is 241 Å². The summed E-state index contributed by atoms with van der Waals surface area (Å²) in [6, 6.07) is 85.6. The van der Waals surface area contributed by atoms with Gasteiger partial charge in [-0.05, 0) is 120 Å². The van der Waals surface area contributed by atoms with E-state index in [0.717, 1.165) is 22.6 Å². The average molecular weight is 726 g/mol. The molecular weight excluding hydrogens is 687 g/mol. The molecule has 0 radical (unpaired) electrons. The van der Waals surface area contributed by atoms with Crippen molar-refractivity contribution in [2.45, 2.75) is 0 Å². The molecule has 0 aliphatic rings. The Hall–Kier alpha value is -7.48. The normalized spacial score (nSPS) is 11.2. The van der Waals surface area contributed by atoms with E-state index < -0.39 is 0 Å². The first-order valence-electron chi connectivity index (χ1n) is 19.6. The zero-order chi connectivity index (χ0) is 38.0. The lowest BCUT2D eigenvalue weighted by Crippen LogP contribution is -2.10. The Morgan fingerprint density at radius 3 is 1.00 bits per heavy atom. The van der Waals surface area contributed by atoms with E-state index in [1.165, 1.54) is 71.6 Å². The smallest absolute Gasteiger partial charge is 0.0467 e. The van der Waals surface area contributed by atoms with Gasteiger partial charge in [-0.3, -0.25) is 0 Å². The average Bonchev–Trinajstić information content (AvgIpc) is 3.30. The molecule has 0 saturated carbocycles. The van der Waals surface area contributed by atoms with Crippen LogP contribution in [0.4, 0.5) is 17.1 Å². The van der Waals surface area contributed by atoms with E-state index in [1.807, 2.05) is 0 Å². The van der Waals surface area contributed by atoms with Crippen LogP contribution in [0.3, 0.4) is 0 Å². The third kappa shape index (κ3) is 6.56. The van der Waals surface area contributed by atoms with Gasteiger partial charge in [0.2, 0.25) is 0 Å². The number of fused-ring (bicyclic) bond motifs is 3. The van der Waals surface area contributed by atoms with Crippen molar-refractivity contribution in [3.05, 3.63) is 237 Å². The molecule has 1 nitrogen and oxygen atoms in total. The number of rotatable bonds is 8. The maximum atomic E-state index is 2.41. The Morgan fingerprint density at radius 1 is 0.193 bits per heavy atom. The van der Waals surface area contributed by atoms with Gasteiger partial charge in [0.15, 0.2) is 0 Å². The van der Waals surface area contributed by atoms with Gasteiger partial charge in [-0.25, -0.2) is 0 Å². The molecule has 0 amide bonds. The first kappa shape index (κ1) is 34.0. The van der Waals surface area contributed by atoms with Crippen LogP contribution in [0.25, 0.3) is 77.2 Å². The molecule has 0 heterocycles. The summed E-state index contributed by atoms with van der Waals surface area (Å²) < 4.78 is 0. The molecule has 0 unspecified atom stereocenters. The van der Waals surface area contributed by atoms with E-state index in [-0.39, 0.29) is 0 Å². The molecule has 0 aliphatic carbocycles. The SMILES string of the molecule is c1ccc(-c2cccc(N(c3cccc(-c4ccccc4)c3)c3cccc(-c4ccc5c(c4)c(-c4ccccc4)c(-c4ccccc4)c4ccccc45)c3)c2)cc1. The summed E-state index contributed by atoms with van der Waals surface area (Å²) in [6.07, 6.45) is 0. The van der Waals surface area contributed by atoms with Gasteiger partial charge < -0.3 is 4.90 Å². The van der Waals surface area contributed by atoms with Crippen LogP contribution in [0.15, 0.2) is 237 Å². The Labute approximate surface area is 334 Å². The van der Waals surface area contributed by atoms with E-state index in [0.29, 0.717) is 0 Å². The third-order valence-corrected chi connectivity index (χ3v) is 11.0. The molecule has 0 bridgehead atoms. The first-order valence-corrected chi connectivity index (χ1v) is 19.6. The fraction of sp³-hybridized carbons (Fsp3) is 0. The molecule has 10 aromatic rings. The van der Waals surface area contributed by atoms with Crippen LogP contribution >= 0.6 is 0 Å². The molecule has 0 atom stereocenters. The zero-order valence-electron chi connectivity index (χ0n) is 31.5. The van der Waals surface area contributed by atoms with E-state index in [1.54, 1.807) is 0 Å². The number of benzene rings is 10. The van der Waals surface area contributed by atoms with Gasteiger partial charge in [0, 0.05) is 17.1 Å². The zero-order valence-corrected chi connectivity index (χ0v) is 31.5. The maximum absolute atomic E-state index is 2.41. The van der Waals surface area contributed by atoms with E-state index in [9.17, 15) is 0 Å².